The first-order chi connectivity index (χ1) is 10.8. The predicted molar refractivity (Wildman–Crippen MR) is 84.2 cm³/mol. The minimum absolute atomic E-state index is 0.0658. The van der Waals surface area contributed by atoms with Crippen molar-refractivity contribution in [3.8, 4) is 22.6 Å². The Balaban J connectivity index is 2.15. The van der Waals surface area contributed by atoms with E-state index >= 15 is 0 Å². The molecule has 0 radical (unpaired) electrons. The molecule has 116 valence electrons. The highest BCUT2D eigenvalue weighted by Gasteiger charge is 2.19. The molecule has 0 unspecified atom stereocenters. The van der Waals surface area contributed by atoms with Gasteiger partial charge in [-0.25, -0.2) is 0 Å². The topological polar surface area (TPSA) is 60.0 Å². The largest absolute Gasteiger partial charge is 0.454 e. The van der Waals surface area contributed by atoms with Crippen molar-refractivity contribution in [2.75, 3.05) is 26.3 Å². The standard InChI is InChI=1S/C17H19NO4/c1-18-15-4-3-11(9-20-2)5-14(15)13-7-17-16(21-10-22-17)6-12(13)8-19/h3-7,18-19H,8-10H2,1-2H3. The Labute approximate surface area is 129 Å². The van der Waals surface area contributed by atoms with Crippen LogP contribution < -0.4 is 14.8 Å². The molecule has 0 atom stereocenters. The Kier molecular flexibility index (Phi) is 4.18. The molecule has 1 aliphatic heterocycles. The second-order valence-corrected chi connectivity index (χ2v) is 5.08. The van der Waals surface area contributed by atoms with Crippen LogP contribution in [0, 0.1) is 0 Å². The maximum absolute atomic E-state index is 9.71. The van der Waals surface area contributed by atoms with Gasteiger partial charge in [0.15, 0.2) is 11.5 Å². The molecule has 1 aliphatic rings. The van der Waals surface area contributed by atoms with E-state index in [0.29, 0.717) is 18.1 Å². The number of fused-ring (bicyclic) bond motifs is 1. The summed E-state index contributed by atoms with van der Waals surface area (Å²) in [7, 11) is 3.55. The molecule has 2 aromatic carbocycles. The van der Waals surface area contributed by atoms with Gasteiger partial charge < -0.3 is 24.6 Å². The van der Waals surface area contributed by atoms with E-state index in [1.54, 1.807) is 7.11 Å². The van der Waals surface area contributed by atoms with E-state index in [9.17, 15) is 5.11 Å². The number of hydrogen-bond donors (Lipinski definition) is 2. The normalized spacial score (nSPS) is 12.5. The van der Waals surface area contributed by atoms with Crippen molar-refractivity contribution in [2.24, 2.45) is 0 Å². The van der Waals surface area contributed by atoms with E-state index in [1.165, 1.54) is 0 Å². The number of rotatable bonds is 5. The molecular weight excluding hydrogens is 282 g/mol. The van der Waals surface area contributed by atoms with Gasteiger partial charge in [-0.1, -0.05) is 6.07 Å². The number of nitrogens with one attached hydrogen (secondary N) is 1. The van der Waals surface area contributed by atoms with Gasteiger partial charge in [-0.05, 0) is 41.0 Å². The summed E-state index contributed by atoms with van der Waals surface area (Å²) < 4.78 is 16.1. The Bertz CT molecular complexity index is 685. The Morgan fingerprint density at radius 2 is 1.91 bits per heavy atom. The van der Waals surface area contributed by atoms with E-state index in [4.69, 9.17) is 14.2 Å². The Morgan fingerprint density at radius 3 is 2.59 bits per heavy atom. The first kappa shape index (κ1) is 14.7. The Morgan fingerprint density at radius 1 is 1.14 bits per heavy atom. The molecule has 5 heteroatoms. The molecule has 0 fully saturated rings. The van der Waals surface area contributed by atoms with Crippen LogP contribution in [0.5, 0.6) is 11.5 Å². The summed E-state index contributed by atoms with van der Waals surface area (Å²) in [6.45, 7) is 0.686. The van der Waals surface area contributed by atoms with Crippen molar-refractivity contribution >= 4 is 5.69 Å². The lowest BCUT2D eigenvalue weighted by atomic mass is 9.96. The van der Waals surface area contributed by atoms with Crippen molar-refractivity contribution in [1.82, 2.24) is 0 Å². The maximum atomic E-state index is 9.71. The van der Waals surface area contributed by atoms with Gasteiger partial charge in [-0.3, -0.25) is 0 Å². The summed E-state index contributed by atoms with van der Waals surface area (Å²) in [5.74, 6) is 1.37. The van der Waals surface area contributed by atoms with Crippen LogP contribution in [-0.4, -0.2) is 26.1 Å². The minimum Gasteiger partial charge on any atom is -0.454 e. The molecule has 0 bridgehead atoms. The summed E-state index contributed by atoms with van der Waals surface area (Å²) >= 11 is 0. The molecule has 5 nitrogen and oxygen atoms in total. The minimum atomic E-state index is -0.0658. The number of benzene rings is 2. The highest BCUT2D eigenvalue weighted by molar-refractivity contribution is 5.82. The zero-order chi connectivity index (χ0) is 15.5. The molecular formula is C17H19NO4. The summed E-state index contributed by atoms with van der Waals surface area (Å²) in [6, 6.07) is 9.84. The Hall–Kier alpha value is -2.24. The monoisotopic (exact) mass is 301 g/mol. The van der Waals surface area contributed by atoms with Gasteiger partial charge >= 0.3 is 0 Å². The number of aliphatic hydroxyl groups excluding tert-OH is 1. The third-order valence-corrected chi connectivity index (χ3v) is 3.72. The fourth-order valence-electron chi connectivity index (χ4n) is 2.65. The lowest BCUT2D eigenvalue weighted by Gasteiger charge is -2.15. The molecule has 0 amide bonds. The summed E-state index contributed by atoms with van der Waals surface area (Å²) in [5.41, 5.74) is 4.77. The van der Waals surface area contributed by atoms with Crippen molar-refractivity contribution < 1.29 is 19.3 Å². The van der Waals surface area contributed by atoms with Gasteiger partial charge in [0, 0.05) is 25.4 Å². The van der Waals surface area contributed by atoms with Gasteiger partial charge in [-0.2, -0.15) is 0 Å². The van der Waals surface area contributed by atoms with Crippen LogP contribution in [0.4, 0.5) is 5.69 Å². The van der Waals surface area contributed by atoms with Crippen LogP contribution in [0.1, 0.15) is 11.1 Å². The molecule has 22 heavy (non-hydrogen) atoms. The molecule has 2 N–H and O–H groups in total. The highest BCUT2D eigenvalue weighted by atomic mass is 16.7. The average molecular weight is 301 g/mol. The number of aliphatic hydroxyl groups is 1. The van der Waals surface area contributed by atoms with E-state index in [-0.39, 0.29) is 13.4 Å². The first-order valence-corrected chi connectivity index (χ1v) is 7.10. The number of anilines is 1. The average Bonchev–Trinajstić information content (AvgIpc) is 3.01. The summed E-state index contributed by atoms with van der Waals surface area (Å²) in [4.78, 5) is 0. The third kappa shape index (κ3) is 2.61. The smallest absolute Gasteiger partial charge is 0.231 e. The van der Waals surface area contributed by atoms with Crippen molar-refractivity contribution in [3.63, 3.8) is 0 Å². The summed E-state index contributed by atoms with van der Waals surface area (Å²) in [5, 5.41) is 12.9. The van der Waals surface area contributed by atoms with Crippen LogP contribution >= 0.6 is 0 Å². The molecule has 0 aromatic heterocycles. The molecule has 0 saturated heterocycles. The molecule has 0 spiro atoms. The molecule has 3 rings (SSSR count). The second kappa shape index (κ2) is 6.25. The van der Waals surface area contributed by atoms with E-state index in [2.05, 4.69) is 11.4 Å². The van der Waals surface area contributed by atoms with Crippen LogP contribution in [0.2, 0.25) is 0 Å². The van der Waals surface area contributed by atoms with Crippen molar-refractivity contribution in [2.45, 2.75) is 13.2 Å². The van der Waals surface area contributed by atoms with Crippen LogP contribution in [0.25, 0.3) is 11.1 Å². The molecule has 0 saturated carbocycles. The lowest BCUT2D eigenvalue weighted by Crippen LogP contribution is -1.98. The second-order valence-electron chi connectivity index (χ2n) is 5.08. The molecule has 1 heterocycles. The van der Waals surface area contributed by atoms with Crippen molar-refractivity contribution in [3.05, 3.63) is 41.5 Å². The predicted octanol–water partition coefficient (Wildman–Crippen LogP) is 2.76. The zero-order valence-corrected chi connectivity index (χ0v) is 12.7. The van der Waals surface area contributed by atoms with Crippen molar-refractivity contribution in [1.29, 1.82) is 0 Å². The maximum Gasteiger partial charge on any atom is 0.231 e. The first-order valence-electron chi connectivity index (χ1n) is 7.10. The van der Waals surface area contributed by atoms with Gasteiger partial charge in [-0.15, -0.1) is 0 Å². The number of hydrogen-bond acceptors (Lipinski definition) is 5. The summed E-state index contributed by atoms with van der Waals surface area (Å²) in [6.07, 6.45) is 0. The van der Waals surface area contributed by atoms with Gasteiger partial charge in [0.2, 0.25) is 6.79 Å². The lowest BCUT2D eigenvalue weighted by molar-refractivity contribution is 0.174. The van der Waals surface area contributed by atoms with Crippen LogP contribution in [0.15, 0.2) is 30.3 Å². The fraction of sp³-hybridized carbons (Fsp3) is 0.294. The van der Waals surface area contributed by atoms with E-state index < -0.39 is 0 Å². The van der Waals surface area contributed by atoms with Crippen LogP contribution in [0.3, 0.4) is 0 Å². The van der Waals surface area contributed by atoms with Gasteiger partial charge in [0.05, 0.1) is 13.2 Å². The van der Waals surface area contributed by atoms with E-state index in [0.717, 1.165) is 27.9 Å². The van der Waals surface area contributed by atoms with Crippen LogP contribution in [-0.2, 0) is 18.0 Å². The number of ether oxygens (including phenoxy) is 3. The van der Waals surface area contributed by atoms with E-state index in [1.807, 2.05) is 31.3 Å². The fourth-order valence-corrected chi connectivity index (χ4v) is 2.65. The zero-order valence-electron chi connectivity index (χ0n) is 12.7. The third-order valence-electron chi connectivity index (χ3n) is 3.72. The van der Waals surface area contributed by atoms with Gasteiger partial charge in [0.1, 0.15) is 0 Å². The number of methoxy groups -OCH3 is 1. The van der Waals surface area contributed by atoms with Gasteiger partial charge in [0.25, 0.3) is 0 Å². The highest BCUT2D eigenvalue weighted by Crippen LogP contribution is 2.41. The quantitative estimate of drug-likeness (QED) is 0.889. The molecule has 0 aliphatic carbocycles. The molecule has 2 aromatic rings. The SMILES string of the molecule is CNc1ccc(COC)cc1-c1cc2c(cc1CO)OCO2.